The van der Waals surface area contributed by atoms with Crippen LogP contribution in [0.3, 0.4) is 0 Å². The van der Waals surface area contributed by atoms with Crippen molar-refractivity contribution >= 4 is 0 Å². The van der Waals surface area contributed by atoms with E-state index >= 15 is 0 Å². The highest BCUT2D eigenvalue weighted by atomic mass is 19.1. The van der Waals surface area contributed by atoms with E-state index in [9.17, 15) is 9.50 Å². The van der Waals surface area contributed by atoms with Crippen LogP contribution in [0.15, 0.2) is 36.4 Å². The number of aromatic nitrogens is 1. The highest BCUT2D eigenvalue weighted by Crippen LogP contribution is 2.22. The summed E-state index contributed by atoms with van der Waals surface area (Å²) in [5, 5.41) is 10.1. The summed E-state index contributed by atoms with van der Waals surface area (Å²) in [5.74, 6) is -0.311. The van der Waals surface area contributed by atoms with Crippen LogP contribution in [0.4, 0.5) is 4.39 Å². The summed E-state index contributed by atoms with van der Waals surface area (Å²) in [5.41, 5.74) is 2.45. The van der Waals surface area contributed by atoms with Crippen LogP contribution in [0.1, 0.15) is 28.6 Å². The first kappa shape index (κ1) is 11.7. The molecule has 2 nitrogen and oxygen atoms in total. The first-order chi connectivity index (χ1) is 8.08. The molecule has 0 radical (unpaired) electrons. The van der Waals surface area contributed by atoms with Gasteiger partial charge < -0.3 is 5.11 Å². The van der Waals surface area contributed by atoms with Crippen molar-refractivity contribution in [3.63, 3.8) is 0 Å². The van der Waals surface area contributed by atoms with Crippen molar-refractivity contribution in [2.45, 2.75) is 20.0 Å². The smallest absolute Gasteiger partial charge is 0.126 e. The number of aliphatic hydroxyl groups excluding tert-OH is 1. The maximum Gasteiger partial charge on any atom is 0.126 e. The average molecular weight is 231 g/mol. The van der Waals surface area contributed by atoms with Gasteiger partial charge in [0.1, 0.15) is 11.9 Å². The Morgan fingerprint density at radius 2 is 1.94 bits per heavy atom. The number of aryl methyl sites for hydroxylation is 2. The number of aliphatic hydroxyl groups is 1. The molecule has 0 aliphatic heterocycles. The van der Waals surface area contributed by atoms with Gasteiger partial charge in [0.05, 0.1) is 5.69 Å². The summed E-state index contributed by atoms with van der Waals surface area (Å²) in [4.78, 5) is 4.23. The van der Waals surface area contributed by atoms with E-state index in [0.717, 1.165) is 5.69 Å². The maximum atomic E-state index is 13.4. The van der Waals surface area contributed by atoms with Gasteiger partial charge in [-0.15, -0.1) is 0 Å². The van der Waals surface area contributed by atoms with Gasteiger partial charge >= 0.3 is 0 Å². The van der Waals surface area contributed by atoms with Crippen LogP contribution in [0.2, 0.25) is 0 Å². The molecule has 1 aromatic carbocycles. The average Bonchev–Trinajstić information content (AvgIpc) is 2.32. The van der Waals surface area contributed by atoms with Crippen LogP contribution < -0.4 is 0 Å². The molecule has 1 N–H and O–H groups in total. The molecule has 0 aliphatic carbocycles. The highest BCUT2D eigenvalue weighted by Gasteiger charge is 2.13. The highest BCUT2D eigenvalue weighted by molar-refractivity contribution is 5.30. The Labute approximate surface area is 99.8 Å². The molecule has 0 fully saturated rings. The van der Waals surface area contributed by atoms with Crippen molar-refractivity contribution in [2.75, 3.05) is 0 Å². The van der Waals surface area contributed by atoms with E-state index in [0.29, 0.717) is 16.8 Å². The number of nitrogens with zero attached hydrogens (tertiary/aromatic N) is 1. The summed E-state index contributed by atoms with van der Waals surface area (Å²) in [6.07, 6.45) is -0.884. The fourth-order valence-corrected chi connectivity index (χ4v) is 1.67. The Morgan fingerprint density at radius 1 is 1.18 bits per heavy atom. The van der Waals surface area contributed by atoms with Crippen LogP contribution in [0, 0.1) is 19.7 Å². The predicted molar refractivity (Wildman–Crippen MR) is 64.2 cm³/mol. The molecule has 0 bridgehead atoms. The minimum Gasteiger partial charge on any atom is -0.382 e. The predicted octanol–water partition coefficient (Wildman–Crippen LogP) is 2.92. The minimum atomic E-state index is -0.884. The maximum absolute atomic E-state index is 13.4. The van der Waals surface area contributed by atoms with Crippen molar-refractivity contribution in [1.29, 1.82) is 0 Å². The first-order valence-corrected chi connectivity index (χ1v) is 5.45. The molecule has 1 heterocycles. The van der Waals surface area contributed by atoms with Crippen molar-refractivity contribution in [1.82, 2.24) is 4.98 Å². The van der Waals surface area contributed by atoms with Crippen molar-refractivity contribution < 1.29 is 9.50 Å². The Hall–Kier alpha value is -1.74. The molecule has 0 saturated heterocycles. The SMILES string of the molecule is Cc1cccc(C(O)c2ccc(C)c(F)c2)n1. The zero-order valence-electron chi connectivity index (χ0n) is 9.81. The van der Waals surface area contributed by atoms with Gasteiger partial charge in [0.15, 0.2) is 0 Å². The fourth-order valence-electron chi connectivity index (χ4n) is 1.67. The minimum absolute atomic E-state index is 0.311. The zero-order chi connectivity index (χ0) is 12.4. The number of benzene rings is 1. The third-order valence-corrected chi connectivity index (χ3v) is 2.70. The van der Waals surface area contributed by atoms with Gasteiger partial charge in [0.25, 0.3) is 0 Å². The van der Waals surface area contributed by atoms with Crippen molar-refractivity contribution in [2.24, 2.45) is 0 Å². The van der Waals surface area contributed by atoms with E-state index in [-0.39, 0.29) is 5.82 Å². The normalized spacial score (nSPS) is 12.5. The Morgan fingerprint density at radius 3 is 2.59 bits per heavy atom. The van der Waals surface area contributed by atoms with Crippen LogP contribution >= 0.6 is 0 Å². The Balaban J connectivity index is 2.36. The standard InChI is InChI=1S/C14H14FNO/c1-9-6-7-11(8-12(9)15)14(17)13-5-3-4-10(2)16-13/h3-8,14,17H,1-2H3. The molecular formula is C14H14FNO. The number of hydrogen-bond donors (Lipinski definition) is 1. The molecule has 2 rings (SSSR count). The Bertz CT molecular complexity index is 539. The number of hydrogen-bond acceptors (Lipinski definition) is 2. The van der Waals surface area contributed by atoms with Gasteiger partial charge in [-0.3, -0.25) is 4.98 Å². The molecule has 1 unspecified atom stereocenters. The quantitative estimate of drug-likeness (QED) is 0.862. The van der Waals surface area contributed by atoms with E-state index in [4.69, 9.17) is 0 Å². The lowest BCUT2D eigenvalue weighted by Crippen LogP contribution is -2.03. The molecule has 1 aromatic heterocycles. The van der Waals surface area contributed by atoms with E-state index < -0.39 is 6.10 Å². The molecule has 0 saturated carbocycles. The molecule has 0 amide bonds. The molecule has 1 atom stereocenters. The Kier molecular flexibility index (Phi) is 3.20. The van der Waals surface area contributed by atoms with E-state index in [1.807, 2.05) is 19.1 Å². The summed E-state index contributed by atoms with van der Waals surface area (Å²) >= 11 is 0. The van der Waals surface area contributed by atoms with Crippen LogP contribution in [-0.2, 0) is 0 Å². The lowest BCUT2D eigenvalue weighted by Gasteiger charge is -2.11. The van der Waals surface area contributed by atoms with Gasteiger partial charge in [0, 0.05) is 5.69 Å². The number of pyridine rings is 1. The summed E-state index contributed by atoms with van der Waals surface area (Å²) in [7, 11) is 0. The largest absolute Gasteiger partial charge is 0.382 e. The zero-order valence-corrected chi connectivity index (χ0v) is 9.81. The fraction of sp³-hybridized carbons (Fsp3) is 0.214. The number of halogens is 1. The number of rotatable bonds is 2. The van der Waals surface area contributed by atoms with Gasteiger partial charge in [-0.1, -0.05) is 18.2 Å². The van der Waals surface area contributed by atoms with E-state index in [1.54, 1.807) is 25.1 Å². The van der Waals surface area contributed by atoms with Gasteiger partial charge in [-0.2, -0.15) is 0 Å². The monoisotopic (exact) mass is 231 g/mol. The third-order valence-electron chi connectivity index (χ3n) is 2.70. The van der Waals surface area contributed by atoms with E-state index in [2.05, 4.69) is 4.98 Å². The van der Waals surface area contributed by atoms with Gasteiger partial charge in [-0.25, -0.2) is 4.39 Å². The van der Waals surface area contributed by atoms with Crippen molar-refractivity contribution in [3.8, 4) is 0 Å². The third kappa shape index (κ3) is 2.50. The molecular weight excluding hydrogens is 217 g/mol. The lowest BCUT2D eigenvalue weighted by molar-refractivity contribution is 0.214. The second-order valence-corrected chi connectivity index (χ2v) is 4.11. The molecule has 17 heavy (non-hydrogen) atoms. The summed E-state index contributed by atoms with van der Waals surface area (Å²) < 4.78 is 13.4. The molecule has 0 aliphatic rings. The van der Waals surface area contributed by atoms with Gasteiger partial charge in [-0.05, 0) is 43.2 Å². The first-order valence-electron chi connectivity index (χ1n) is 5.45. The summed E-state index contributed by atoms with van der Waals surface area (Å²) in [6, 6.07) is 10.1. The van der Waals surface area contributed by atoms with Crippen LogP contribution in [0.25, 0.3) is 0 Å². The molecule has 2 aromatic rings. The molecule has 0 spiro atoms. The van der Waals surface area contributed by atoms with Gasteiger partial charge in [0.2, 0.25) is 0 Å². The van der Waals surface area contributed by atoms with E-state index in [1.165, 1.54) is 6.07 Å². The van der Waals surface area contributed by atoms with Crippen LogP contribution in [-0.4, -0.2) is 10.1 Å². The summed E-state index contributed by atoms with van der Waals surface area (Å²) in [6.45, 7) is 3.54. The van der Waals surface area contributed by atoms with Crippen LogP contribution in [0.5, 0.6) is 0 Å². The second-order valence-electron chi connectivity index (χ2n) is 4.11. The van der Waals surface area contributed by atoms with Crippen molar-refractivity contribution in [3.05, 3.63) is 64.7 Å². The topological polar surface area (TPSA) is 33.1 Å². The lowest BCUT2D eigenvalue weighted by atomic mass is 10.0. The second kappa shape index (κ2) is 4.63. The molecule has 88 valence electrons. The molecule has 3 heteroatoms.